The van der Waals surface area contributed by atoms with Gasteiger partial charge in [0, 0.05) is 18.6 Å². The van der Waals surface area contributed by atoms with Crippen molar-refractivity contribution in [2.45, 2.75) is 45.7 Å². The van der Waals surface area contributed by atoms with Gasteiger partial charge >= 0.3 is 0 Å². The van der Waals surface area contributed by atoms with Crippen LogP contribution in [-0.4, -0.2) is 27.0 Å². The summed E-state index contributed by atoms with van der Waals surface area (Å²) in [5.74, 6) is 0. The molecular formula is C8H21N3O2S. The van der Waals surface area contributed by atoms with Crippen molar-refractivity contribution in [2.75, 3.05) is 6.54 Å². The first-order chi connectivity index (χ1) is 6.37. The van der Waals surface area contributed by atoms with Gasteiger partial charge in [0.25, 0.3) is 10.2 Å². The second-order valence-electron chi connectivity index (χ2n) is 3.67. The van der Waals surface area contributed by atoms with Crippen LogP contribution in [0.2, 0.25) is 0 Å². The lowest BCUT2D eigenvalue weighted by atomic mass is 10.2. The highest BCUT2D eigenvalue weighted by Crippen LogP contribution is 1.92. The average molecular weight is 223 g/mol. The first-order valence-electron chi connectivity index (χ1n) is 4.90. The van der Waals surface area contributed by atoms with Crippen molar-refractivity contribution < 1.29 is 8.42 Å². The second-order valence-corrected chi connectivity index (χ2v) is 5.20. The highest BCUT2D eigenvalue weighted by Gasteiger charge is 2.12. The molecule has 0 amide bonds. The Morgan fingerprint density at radius 1 is 1.36 bits per heavy atom. The van der Waals surface area contributed by atoms with Gasteiger partial charge in [-0.05, 0) is 20.3 Å². The fourth-order valence-corrected chi connectivity index (χ4v) is 2.18. The van der Waals surface area contributed by atoms with Crippen molar-refractivity contribution in [3.05, 3.63) is 0 Å². The molecule has 6 heteroatoms. The van der Waals surface area contributed by atoms with E-state index in [9.17, 15) is 8.42 Å². The summed E-state index contributed by atoms with van der Waals surface area (Å²) >= 11 is 0. The summed E-state index contributed by atoms with van der Waals surface area (Å²) in [6, 6.07) is -0.210. The molecule has 0 heterocycles. The van der Waals surface area contributed by atoms with Crippen molar-refractivity contribution in [3.8, 4) is 0 Å². The second kappa shape index (κ2) is 6.34. The monoisotopic (exact) mass is 223 g/mol. The first-order valence-corrected chi connectivity index (χ1v) is 6.38. The van der Waals surface area contributed by atoms with Crippen molar-refractivity contribution in [1.29, 1.82) is 0 Å². The SMILES string of the molecule is CCCC(N)CNS(=O)(=O)NC(C)C. The van der Waals surface area contributed by atoms with Gasteiger partial charge in [-0.1, -0.05) is 13.3 Å². The molecule has 14 heavy (non-hydrogen) atoms. The predicted molar refractivity (Wildman–Crippen MR) is 58.1 cm³/mol. The third-order valence-corrected chi connectivity index (χ3v) is 2.91. The van der Waals surface area contributed by atoms with Crippen LogP contribution >= 0.6 is 0 Å². The largest absolute Gasteiger partial charge is 0.327 e. The maximum atomic E-state index is 11.3. The molecule has 0 spiro atoms. The lowest BCUT2D eigenvalue weighted by molar-refractivity contribution is 0.534. The smallest absolute Gasteiger partial charge is 0.277 e. The Kier molecular flexibility index (Phi) is 6.26. The third kappa shape index (κ3) is 7.25. The predicted octanol–water partition coefficient (Wildman–Crippen LogP) is -0.0538. The van der Waals surface area contributed by atoms with E-state index in [1.807, 2.05) is 6.92 Å². The third-order valence-electron chi connectivity index (χ3n) is 1.59. The van der Waals surface area contributed by atoms with E-state index < -0.39 is 10.2 Å². The van der Waals surface area contributed by atoms with E-state index >= 15 is 0 Å². The van der Waals surface area contributed by atoms with Gasteiger partial charge in [0.2, 0.25) is 0 Å². The van der Waals surface area contributed by atoms with Crippen molar-refractivity contribution in [3.63, 3.8) is 0 Å². The topological polar surface area (TPSA) is 84.2 Å². The minimum Gasteiger partial charge on any atom is -0.327 e. The molecule has 0 bridgehead atoms. The molecule has 0 aliphatic heterocycles. The Morgan fingerprint density at radius 2 is 1.93 bits per heavy atom. The Labute approximate surface area is 86.6 Å². The fourth-order valence-electron chi connectivity index (χ4n) is 1.04. The van der Waals surface area contributed by atoms with Gasteiger partial charge in [-0.15, -0.1) is 0 Å². The Hall–Kier alpha value is -0.170. The van der Waals surface area contributed by atoms with Crippen molar-refractivity contribution >= 4 is 10.2 Å². The van der Waals surface area contributed by atoms with Gasteiger partial charge < -0.3 is 5.73 Å². The van der Waals surface area contributed by atoms with Crippen LogP contribution in [0.4, 0.5) is 0 Å². The number of nitrogens with one attached hydrogen (secondary N) is 2. The molecule has 0 rings (SSSR count). The van der Waals surface area contributed by atoms with Crippen LogP contribution < -0.4 is 15.2 Å². The average Bonchev–Trinajstić information content (AvgIpc) is 1.99. The lowest BCUT2D eigenvalue weighted by Gasteiger charge is -2.14. The molecular weight excluding hydrogens is 202 g/mol. The van der Waals surface area contributed by atoms with E-state index in [-0.39, 0.29) is 18.6 Å². The van der Waals surface area contributed by atoms with Crippen LogP contribution in [-0.2, 0) is 10.2 Å². The van der Waals surface area contributed by atoms with Crippen LogP contribution in [0.1, 0.15) is 33.6 Å². The molecule has 0 aliphatic rings. The maximum Gasteiger partial charge on any atom is 0.277 e. The van der Waals surface area contributed by atoms with E-state index in [0.717, 1.165) is 12.8 Å². The molecule has 4 N–H and O–H groups in total. The zero-order valence-electron chi connectivity index (χ0n) is 9.08. The van der Waals surface area contributed by atoms with Crippen LogP contribution in [0.5, 0.6) is 0 Å². The van der Waals surface area contributed by atoms with Gasteiger partial charge in [-0.2, -0.15) is 13.1 Å². The minimum atomic E-state index is -3.37. The molecule has 0 fully saturated rings. The van der Waals surface area contributed by atoms with Crippen molar-refractivity contribution in [1.82, 2.24) is 9.44 Å². The molecule has 0 saturated heterocycles. The minimum absolute atomic E-state index is 0.102. The molecule has 1 atom stereocenters. The molecule has 5 nitrogen and oxygen atoms in total. The van der Waals surface area contributed by atoms with Gasteiger partial charge in [0.1, 0.15) is 0 Å². The van der Waals surface area contributed by atoms with Gasteiger partial charge in [0.15, 0.2) is 0 Å². The first kappa shape index (κ1) is 13.8. The van der Waals surface area contributed by atoms with E-state index in [4.69, 9.17) is 5.73 Å². The maximum absolute atomic E-state index is 11.3. The van der Waals surface area contributed by atoms with E-state index in [1.54, 1.807) is 13.8 Å². The molecule has 0 saturated carbocycles. The van der Waals surface area contributed by atoms with Crippen LogP contribution in [0.3, 0.4) is 0 Å². The Balaban J connectivity index is 3.87. The highest BCUT2D eigenvalue weighted by atomic mass is 32.2. The van der Waals surface area contributed by atoms with Crippen molar-refractivity contribution in [2.24, 2.45) is 5.73 Å². The molecule has 0 aromatic rings. The quantitative estimate of drug-likeness (QED) is 0.565. The van der Waals surface area contributed by atoms with Gasteiger partial charge in [-0.3, -0.25) is 0 Å². The summed E-state index contributed by atoms with van der Waals surface area (Å²) in [4.78, 5) is 0. The highest BCUT2D eigenvalue weighted by molar-refractivity contribution is 7.87. The number of rotatable bonds is 7. The van der Waals surface area contributed by atoms with E-state index in [0.29, 0.717) is 0 Å². The summed E-state index contributed by atoms with van der Waals surface area (Å²) in [6.45, 7) is 5.84. The Morgan fingerprint density at radius 3 is 2.36 bits per heavy atom. The van der Waals surface area contributed by atoms with Crippen LogP contribution in [0, 0.1) is 0 Å². The standard InChI is InChI=1S/C8H21N3O2S/c1-4-5-8(9)6-10-14(12,13)11-7(2)3/h7-8,10-11H,4-6,9H2,1-3H3. The summed E-state index contributed by atoms with van der Waals surface area (Å²) in [7, 11) is -3.37. The number of hydrogen-bond donors (Lipinski definition) is 3. The lowest BCUT2D eigenvalue weighted by Crippen LogP contribution is -2.45. The molecule has 86 valence electrons. The van der Waals surface area contributed by atoms with Crippen LogP contribution in [0.25, 0.3) is 0 Å². The summed E-state index contributed by atoms with van der Waals surface area (Å²) in [5, 5.41) is 0. The molecule has 0 radical (unpaired) electrons. The molecule has 1 unspecified atom stereocenters. The van der Waals surface area contributed by atoms with Gasteiger partial charge in [0.05, 0.1) is 0 Å². The normalized spacial score (nSPS) is 14.6. The molecule has 0 aliphatic carbocycles. The van der Waals surface area contributed by atoms with Crippen LogP contribution in [0.15, 0.2) is 0 Å². The molecule has 0 aromatic carbocycles. The number of hydrogen-bond acceptors (Lipinski definition) is 3. The fraction of sp³-hybridized carbons (Fsp3) is 1.00. The van der Waals surface area contributed by atoms with Gasteiger partial charge in [-0.25, -0.2) is 4.72 Å². The van der Waals surface area contributed by atoms with E-state index in [1.165, 1.54) is 0 Å². The summed E-state index contributed by atoms with van der Waals surface area (Å²) in [6.07, 6.45) is 1.78. The zero-order valence-corrected chi connectivity index (χ0v) is 9.89. The van der Waals surface area contributed by atoms with E-state index in [2.05, 4.69) is 9.44 Å². The molecule has 0 aromatic heterocycles. The summed E-state index contributed by atoms with van der Waals surface area (Å²) in [5.41, 5.74) is 5.67. The summed E-state index contributed by atoms with van der Waals surface area (Å²) < 4.78 is 27.4. The Bertz CT molecular complexity index is 239. The number of nitrogens with two attached hydrogens (primary N) is 1. The zero-order chi connectivity index (χ0) is 11.2.